The molecule has 2 atom stereocenters. The van der Waals surface area contributed by atoms with E-state index in [0.29, 0.717) is 38.2 Å². The molecule has 2 N–H and O–H groups in total. The summed E-state index contributed by atoms with van der Waals surface area (Å²) in [7, 11) is -3.70. The van der Waals surface area contributed by atoms with Crippen molar-refractivity contribution in [2.75, 3.05) is 25.0 Å². The van der Waals surface area contributed by atoms with Gasteiger partial charge in [0.25, 0.3) is 0 Å². The van der Waals surface area contributed by atoms with Gasteiger partial charge in [-0.2, -0.15) is 4.31 Å². The molecule has 2 aromatic rings. The van der Waals surface area contributed by atoms with Crippen molar-refractivity contribution in [1.29, 1.82) is 0 Å². The van der Waals surface area contributed by atoms with Crippen molar-refractivity contribution in [3.05, 3.63) is 54.1 Å². The van der Waals surface area contributed by atoms with Crippen LogP contribution in [0.5, 0.6) is 0 Å². The van der Waals surface area contributed by atoms with Crippen LogP contribution in [0, 0.1) is 5.92 Å². The number of carbonyl (C=O) groups excluding carboxylic acids is 2. The summed E-state index contributed by atoms with van der Waals surface area (Å²) >= 11 is 1.42. The molecule has 0 unspecified atom stereocenters. The zero-order valence-electron chi connectivity index (χ0n) is 18.8. The fourth-order valence-electron chi connectivity index (χ4n) is 4.15. The molecule has 1 fully saturated rings. The number of nitrogens with zero attached hydrogens (tertiary/aromatic N) is 1. The summed E-state index contributed by atoms with van der Waals surface area (Å²) < 4.78 is 27.8. The molecule has 2 heterocycles. The molecule has 2 amide bonds. The lowest BCUT2D eigenvalue weighted by atomic mass is 9.96. The first-order valence-electron chi connectivity index (χ1n) is 11.2. The molecular weight excluding hydrogens is 458 g/mol. The lowest BCUT2D eigenvalue weighted by Crippen LogP contribution is -2.43. The summed E-state index contributed by atoms with van der Waals surface area (Å²) in [6, 6.07) is 14.9. The van der Waals surface area contributed by atoms with Gasteiger partial charge in [-0.1, -0.05) is 37.3 Å². The maximum absolute atomic E-state index is 13.2. The van der Waals surface area contributed by atoms with E-state index in [1.54, 1.807) is 12.1 Å². The van der Waals surface area contributed by atoms with Crippen LogP contribution in [0.4, 0.5) is 5.69 Å². The Bertz CT molecular complexity index is 1130. The van der Waals surface area contributed by atoms with E-state index in [0.717, 1.165) is 4.90 Å². The minimum absolute atomic E-state index is 0.0162. The van der Waals surface area contributed by atoms with Gasteiger partial charge < -0.3 is 10.6 Å². The van der Waals surface area contributed by atoms with Crippen molar-refractivity contribution in [1.82, 2.24) is 9.62 Å². The minimum Gasteiger partial charge on any atom is -0.355 e. The van der Waals surface area contributed by atoms with E-state index >= 15 is 0 Å². The van der Waals surface area contributed by atoms with Gasteiger partial charge in [0.05, 0.1) is 15.8 Å². The first kappa shape index (κ1) is 23.8. The van der Waals surface area contributed by atoms with Gasteiger partial charge in [0.2, 0.25) is 21.8 Å². The maximum Gasteiger partial charge on any atom is 0.243 e. The number of amides is 2. The molecule has 2 aliphatic rings. The Hall–Kier alpha value is -2.36. The third kappa shape index (κ3) is 5.26. The highest BCUT2D eigenvalue weighted by molar-refractivity contribution is 8.01. The van der Waals surface area contributed by atoms with Crippen LogP contribution >= 0.6 is 11.8 Å². The van der Waals surface area contributed by atoms with Gasteiger partial charge in [0.1, 0.15) is 0 Å². The Morgan fingerprint density at radius 3 is 2.58 bits per heavy atom. The van der Waals surface area contributed by atoms with E-state index in [1.165, 1.54) is 27.7 Å². The van der Waals surface area contributed by atoms with Crippen LogP contribution in [-0.2, 0) is 19.6 Å². The number of piperidine rings is 1. The third-order valence-electron chi connectivity index (χ3n) is 6.30. The Balaban J connectivity index is 1.34. The Morgan fingerprint density at radius 2 is 1.88 bits per heavy atom. The summed E-state index contributed by atoms with van der Waals surface area (Å²) in [4.78, 5) is 25.6. The number of sulfonamides is 1. The molecule has 0 aliphatic carbocycles. The highest BCUT2D eigenvalue weighted by Gasteiger charge is 2.33. The van der Waals surface area contributed by atoms with Gasteiger partial charge in [0, 0.05) is 30.4 Å². The monoisotopic (exact) mass is 487 g/mol. The van der Waals surface area contributed by atoms with Crippen LogP contribution in [0.2, 0.25) is 0 Å². The average Bonchev–Trinajstić information content (AvgIpc) is 2.83. The van der Waals surface area contributed by atoms with Crippen LogP contribution in [0.3, 0.4) is 0 Å². The van der Waals surface area contributed by atoms with Gasteiger partial charge in [0.15, 0.2) is 0 Å². The number of nitrogens with one attached hydrogen (secondary N) is 2. The first-order valence-corrected chi connectivity index (χ1v) is 13.5. The van der Waals surface area contributed by atoms with Crippen molar-refractivity contribution in [3.63, 3.8) is 0 Å². The maximum atomic E-state index is 13.2. The fourth-order valence-corrected chi connectivity index (χ4v) is 6.58. The summed E-state index contributed by atoms with van der Waals surface area (Å²) in [6.07, 6.45) is 0.972. The Kier molecular flexibility index (Phi) is 7.11. The second kappa shape index (κ2) is 9.87. The number of hydrogen-bond donors (Lipinski definition) is 2. The van der Waals surface area contributed by atoms with Crippen molar-refractivity contribution in [3.8, 4) is 0 Å². The SMILES string of the molecule is C[C@H]1Sc2ccc(S(=O)(=O)N3CCC(C(=O)NC[C@H](C)c4ccccc4)CC3)cc2NC1=O. The van der Waals surface area contributed by atoms with Crippen molar-refractivity contribution >= 4 is 39.3 Å². The quantitative estimate of drug-likeness (QED) is 0.651. The van der Waals surface area contributed by atoms with E-state index in [9.17, 15) is 18.0 Å². The second-order valence-electron chi connectivity index (χ2n) is 8.64. The van der Waals surface area contributed by atoms with Crippen LogP contribution in [0.15, 0.2) is 58.3 Å². The predicted molar refractivity (Wildman–Crippen MR) is 130 cm³/mol. The molecule has 0 radical (unpaired) electrons. The molecule has 9 heteroatoms. The van der Waals surface area contributed by atoms with E-state index in [2.05, 4.69) is 17.6 Å². The fraction of sp³-hybridized carbons (Fsp3) is 0.417. The van der Waals surface area contributed by atoms with E-state index in [-0.39, 0.29) is 33.8 Å². The Morgan fingerprint density at radius 1 is 1.18 bits per heavy atom. The van der Waals surface area contributed by atoms with Crippen molar-refractivity contribution in [2.45, 2.75) is 47.6 Å². The van der Waals surface area contributed by atoms with E-state index < -0.39 is 10.0 Å². The normalized spacial score (nSPS) is 20.5. The first-order chi connectivity index (χ1) is 15.8. The average molecular weight is 488 g/mol. The van der Waals surface area contributed by atoms with Gasteiger partial charge in [-0.3, -0.25) is 9.59 Å². The number of hydrogen-bond acceptors (Lipinski definition) is 5. The van der Waals surface area contributed by atoms with Crippen LogP contribution in [-0.4, -0.2) is 49.4 Å². The molecule has 0 spiro atoms. The van der Waals surface area contributed by atoms with Crippen molar-refractivity contribution in [2.24, 2.45) is 5.92 Å². The molecule has 0 saturated carbocycles. The summed E-state index contributed by atoms with van der Waals surface area (Å²) in [5.41, 5.74) is 1.71. The topological polar surface area (TPSA) is 95.6 Å². The number of anilines is 1. The lowest BCUT2D eigenvalue weighted by molar-refractivity contribution is -0.126. The largest absolute Gasteiger partial charge is 0.355 e. The zero-order chi connectivity index (χ0) is 23.6. The number of thioether (sulfide) groups is 1. The molecule has 1 saturated heterocycles. The summed E-state index contributed by atoms with van der Waals surface area (Å²) in [6.45, 7) is 5.04. The summed E-state index contributed by atoms with van der Waals surface area (Å²) in [5, 5.41) is 5.61. The third-order valence-corrected chi connectivity index (χ3v) is 9.37. The molecular formula is C24H29N3O4S2. The molecule has 33 heavy (non-hydrogen) atoms. The van der Waals surface area contributed by atoms with Crippen LogP contribution < -0.4 is 10.6 Å². The summed E-state index contributed by atoms with van der Waals surface area (Å²) in [5.74, 6) is -0.130. The van der Waals surface area contributed by atoms with E-state index in [4.69, 9.17) is 0 Å². The molecule has 176 valence electrons. The van der Waals surface area contributed by atoms with Crippen LogP contribution in [0.25, 0.3) is 0 Å². The molecule has 0 bridgehead atoms. The molecule has 2 aliphatic heterocycles. The Labute approximate surface area is 199 Å². The molecule has 2 aromatic carbocycles. The van der Waals surface area contributed by atoms with Gasteiger partial charge in [-0.25, -0.2) is 8.42 Å². The highest BCUT2D eigenvalue weighted by atomic mass is 32.2. The molecule has 4 rings (SSSR count). The van der Waals surface area contributed by atoms with Gasteiger partial charge in [-0.05, 0) is 49.4 Å². The second-order valence-corrected chi connectivity index (χ2v) is 12.0. The number of benzene rings is 2. The number of fused-ring (bicyclic) bond motifs is 1. The number of rotatable bonds is 6. The van der Waals surface area contributed by atoms with Crippen molar-refractivity contribution < 1.29 is 18.0 Å². The van der Waals surface area contributed by atoms with Gasteiger partial charge >= 0.3 is 0 Å². The standard InChI is InChI=1S/C24H29N3O4S2/c1-16(18-6-4-3-5-7-18)15-25-24(29)19-10-12-27(13-11-19)33(30,31)20-8-9-22-21(14-20)26-23(28)17(2)32-22/h3-9,14,16-17,19H,10-13,15H2,1-2H3,(H,25,29)(H,26,28)/t16-,17+/m0/s1. The predicted octanol–water partition coefficient (Wildman–Crippen LogP) is 3.44. The smallest absolute Gasteiger partial charge is 0.243 e. The zero-order valence-corrected chi connectivity index (χ0v) is 20.4. The molecule has 7 nitrogen and oxygen atoms in total. The lowest BCUT2D eigenvalue weighted by Gasteiger charge is -2.31. The van der Waals surface area contributed by atoms with Gasteiger partial charge in [-0.15, -0.1) is 11.8 Å². The van der Waals surface area contributed by atoms with E-state index in [1.807, 2.05) is 37.3 Å². The number of carbonyl (C=O) groups is 2. The minimum atomic E-state index is -3.70. The molecule has 0 aromatic heterocycles. The highest BCUT2D eigenvalue weighted by Crippen LogP contribution is 2.37. The van der Waals surface area contributed by atoms with Crippen LogP contribution in [0.1, 0.15) is 38.2 Å².